The third-order valence-electron chi connectivity index (χ3n) is 1.78. The van der Waals surface area contributed by atoms with E-state index in [4.69, 9.17) is 5.73 Å². The third kappa shape index (κ3) is 2.94. The maximum absolute atomic E-state index is 5.67. The Morgan fingerprint density at radius 2 is 2.40 bits per heavy atom. The van der Waals surface area contributed by atoms with E-state index in [1.54, 1.807) is 35.4 Å². The molecular weight excluding hydrogens is 226 g/mol. The molecule has 15 heavy (non-hydrogen) atoms. The molecule has 0 amide bonds. The topological polar surface area (TPSA) is 51.8 Å². The fourth-order valence-corrected chi connectivity index (χ4v) is 2.86. The molecule has 5 heteroatoms. The number of anilines is 1. The Morgan fingerprint density at radius 1 is 1.53 bits per heavy atom. The second-order valence-electron chi connectivity index (χ2n) is 3.12. The molecule has 0 saturated heterocycles. The number of thioether (sulfide) groups is 1. The molecule has 0 fully saturated rings. The van der Waals surface area contributed by atoms with Crippen molar-refractivity contribution in [2.45, 2.75) is 17.0 Å². The average Bonchev–Trinajstić information content (AvgIpc) is 2.62. The number of aromatic nitrogens is 2. The van der Waals surface area contributed by atoms with Gasteiger partial charge in [-0.15, -0.1) is 11.3 Å². The van der Waals surface area contributed by atoms with Crippen molar-refractivity contribution >= 4 is 28.8 Å². The van der Waals surface area contributed by atoms with Gasteiger partial charge in [0.1, 0.15) is 4.34 Å². The van der Waals surface area contributed by atoms with Gasteiger partial charge in [0.2, 0.25) is 0 Å². The van der Waals surface area contributed by atoms with E-state index in [1.165, 1.54) is 0 Å². The number of aryl methyl sites for hydroxylation is 1. The van der Waals surface area contributed by atoms with Crippen LogP contribution in [0.3, 0.4) is 0 Å². The summed E-state index contributed by atoms with van der Waals surface area (Å²) >= 11 is 3.36. The third-order valence-corrected chi connectivity index (χ3v) is 3.95. The zero-order valence-electron chi connectivity index (χ0n) is 8.30. The van der Waals surface area contributed by atoms with Gasteiger partial charge in [0.25, 0.3) is 0 Å². The number of hydrogen-bond acceptors (Lipinski definition) is 5. The first-order valence-corrected chi connectivity index (χ1v) is 6.36. The van der Waals surface area contributed by atoms with Crippen LogP contribution in [0.2, 0.25) is 0 Å². The van der Waals surface area contributed by atoms with Crippen molar-refractivity contribution < 1.29 is 0 Å². The summed E-state index contributed by atoms with van der Waals surface area (Å²) in [5.74, 6) is 0.817. The summed E-state index contributed by atoms with van der Waals surface area (Å²) in [5, 5.41) is 2.05. The summed E-state index contributed by atoms with van der Waals surface area (Å²) in [7, 11) is 0. The van der Waals surface area contributed by atoms with Crippen LogP contribution in [0.25, 0.3) is 0 Å². The van der Waals surface area contributed by atoms with Gasteiger partial charge in [-0.1, -0.05) is 11.8 Å². The first-order valence-electron chi connectivity index (χ1n) is 4.49. The monoisotopic (exact) mass is 237 g/mol. The molecule has 2 aromatic rings. The molecule has 0 aromatic carbocycles. The molecule has 2 N–H and O–H groups in total. The summed E-state index contributed by atoms with van der Waals surface area (Å²) in [4.78, 5) is 8.61. The largest absolute Gasteiger partial charge is 0.399 e. The van der Waals surface area contributed by atoms with Crippen LogP contribution in [0, 0.1) is 6.92 Å². The Morgan fingerprint density at radius 3 is 3.07 bits per heavy atom. The number of pyridine rings is 1. The Labute approximate surface area is 96.8 Å². The van der Waals surface area contributed by atoms with Crippen molar-refractivity contribution in [3.05, 3.63) is 35.1 Å². The van der Waals surface area contributed by atoms with Gasteiger partial charge >= 0.3 is 0 Å². The SMILES string of the molecule is Cc1csc(SCc2cc(N)ccn2)n1. The van der Waals surface area contributed by atoms with Crippen LogP contribution in [-0.2, 0) is 5.75 Å². The summed E-state index contributed by atoms with van der Waals surface area (Å²) in [6.45, 7) is 2.00. The van der Waals surface area contributed by atoms with Gasteiger partial charge in [-0.25, -0.2) is 4.98 Å². The minimum Gasteiger partial charge on any atom is -0.399 e. The highest BCUT2D eigenvalue weighted by atomic mass is 32.2. The number of nitrogens with two attached hydrogens (primary N) is 1. The number of hydrogen-bond donors (Lipinski definition) is 1. The van der Waals surface area contributed by atoms with E-state index < -0.39 is 0 Å². The zero-order valence-corrected chi connectivity index (χ0v) is 9.94. The molecule has 2 aromatic heterocycles. The van der Waals surface area contributed by atoms with Gasteiger partial charge in [-0.3, -0.25) is 4.98 Å². The van der Waals surface area contributed by atoms with Gasteiger partial charge in [0.05, 0.1) is 5.69 Å². The summed E-state index contributed by atoms with van der Waals surface area (Å²) in [5.41, 5.74) is 8.50. The fraction of sp³-hybridized carbons (Fsp3) is 0.200. The number of nitrogen functional groups attached to an aromatic ring is 1. The lowest BCUT2D eigenvalue weighted by molar-refractivity contribution is 1.14. The van der Waals surface area contributed by atoms with Crippen LogP contribution in [0.4, 0.5) is 5.69 Å². The molecule has 3 nitrogen and oxygen atoms in total. The fourth-order valence-electron chi connectivity index (χ4n) is 1.11. The van der Waals surface area contributed by atoms with Crippen LogP contribution in [-0.4, -0.2) is 9.97 Å². The lowest BCUT2D eigenvalue weighted by Crippen LogP contribution is -1.90. The molecule has 0 spiro atoms. The molecule has 0 atom stereocenters. The summed E-state index contributed by atoms with van der Waals surface area (Å²) < 4.78 is 1.08. The molecule has 0 aliphatic rings. The van der Waals surface area contributed by atoms with Gasteiger partial charge < -0.3 is 5.73 Å². The molecule has 0 aliphatic heterocycles. The Hall–Kier alpha value is -1.07. The molecular formula is C10H11N3S2. The van der Waals surface area contributed by atoms with Gasteiger partial charge in [-0.05, 0) is 19.1 Å². The summed E-state index contributed by atoms with van der Waals surface area (Å²) in [6, 6.07) is 3.69. The second-order valence-corrected chi connectivity index (χ2v) is 5.20. The molecule has 0 saturated carbocycles. The minimum atomic E-state index is 0.760. The number of rotatable bonds is 3. The lowest BCUT2D eigenvalue weighted by Gasteiger charge is -1.99. The molecule has 78 valence electrons. The predicted molar refractivity (Wildman–Crippen MR) is 65.1 cm³/mol. The molecule has 0 aliphatic carbocycles. The first kappa shape index (κ1) is 10.4. The lowest BCUT2D eigenvalue weighted by atomic mass is 10.3. The standard InChI is InChI=1S/C10H11N3S2/c1-7-5-14-10(13-7)15-6-9-4-8(11)2-3-12-9/h2-5H,6H2,1H3,(H2,11,12). The maximum Gasteiger partial charge on any atom is 0.150 e. The normalized spacial score (nSPS) is 10.5. The van der Waals surface area contributed by atoms with Crippen LogP contribution in [0.1, 0.15) is 11.4 Å². The predicted octanol–water partition coefficient (Wildman–Crippen LogP) is 2.72. The average molecular weight is 237 g/mol. The van der Waals surface area contributed by atoms with Crippen molar-refractivity contribution in [3.8, 4) is 0 Å². The van der Waals surface area contributed by atoms with Crippen LogP contribution >= 0.6 is 23.1 Å². The van der Waals surface area contributed by atoms with Crippen LogP contribution in [0.5, 0.6) is 0 Å². The van der Waals surface area contributed by atoms with Crippen LogP contribution in [0.15, 0.2) is 28.0 Å². The van der Waals surface area contributed by atoms with Crippen molar-refractivity contribution in [2.75, 3.05) is 5.73 Å². The van der Waals surface area contributed by atoms with Gasteiger partial charge in [0, 0.05) is 28.7 Å². The second kappa shape index (κ2) is 4.63. The smallest absolute Gasteiger partial charge is 0.150 e. The van der Waals surface area contributed by atoms with Crippen molar-refractivity contribution in [3.63, 3.8) is 0 Å². The highest BCUT2D eigenvalue weighted by molar-refractivity contribution is 8.00. The Kier molecular flexibility index (Phi) is 3.23. The first-order chi connectivity index (χ1) is 7.24. The highest BCUT2D eigenvalue weighted by Crippen LogP contribution is 2.25. The van der Waals surface area contributed by atoms with Crippen molar-refractivity contribution in [1.29, 1.82) is 0 Å². The van der Waals surface area contributed by atoms with E-state index in [0.717, 1.165) is 27.2 Å². The molecule has 0 radical (unpaired) electrons. The molecule has 2 rings (SSSR count). The van der Waals surface area contributed by atoms with E-state index in [0.29, 0.717) is 0 Å². The van der Waals surface area contributed by atoms with Crippen molar-refractivity contribution in [2.24, 2.45) is 0 Å². The van der Waals surface area contributed by atoms with E-state index in [2.05, 4.69) is 15.3 Å². The molecule has 0 unspecified atom stereocenters. The van der Waals surface area contributed by atoms with E-state index in [-0.39, 0.29) is 0 Å². The van der Waals surface area contributed by atoms with Crippen LogP contribution < -0.4 is 5.73 Å². The van der Waals surface area contributed by atoms with E-state index in [1.807, 2.05) is 13.0 Å². The van der Waals surface area contributed by atoms with Crippen molar-refractivity contribution in [1.82, 2.24) is 9.97 Å². The van der Waals surface area contributed by atoms with Gasteiger partial charge in [-0.2, -0.15) is 0 Å². The quantitative estimate of drug-likeness (QED) is 0.834. The summed E-state index contributed by atoms with van der Waals surface area (Å²) in [6.07, 6.45) is 1.73. The molecule has 2 heterocycles. The zero-order chi connectivity index (χ0) is 10.7. The Balaban J connectivity index is 1.99. The number of nitrogens with zero attached hydrogens (tertiary/aromatic N) is 2. The highest BCUT2D eigenvalue weighted by Gasteiger charge is 2.01. The van der Waals surface area contributed by atoms with E-state index in [9.17, 15) is 0 Å². The van der Waals surface area contributed by atoms with Gasteiger partial charge in [0.15, 0.2) is 0 Å². The van der Waals surface area contributed by atoms with E-state index >= 15 is 0 Å². The maximum atomic E-state index is 5.67. The minimum absolute atomic E-state index is 0.760. The molecule has 0 bridgehead atoms. The Bertz CT molecular complexity index is 453. The number of thiazole rings is 1.